The molecule has 1 N–H and O–H groups in total. The quantitative estimate of drug-likeness (QED) is 0.927. The van der Waals surface area contributed by atoms with Crippen LogP contribution in [0.4, 0.5) is 5.69 Å². The highest BCUT2D eigenvalue weighted by atomic mass is 16.2. The minimum absolute atomic E-state index is 0.0148. The number of hydrogen-bond donors (Lipinski definition) is 1. The van der Waals surface area contributed by atoms with Gasteiger partial charge in [-0.3, -0.25) is 19.1 Å². The Hall–Kier alpha value is -2.15. The van der Waals surface area contributed by atoms with Gasteiger partial charge in [0.1, 0.15) is 0 Å². The first-order valence-corrected chi connectivity index (χ1v) is 8.35. The van der Waals surface area contributed by atoms with Crippen molar-refractivity contribution in [2.24, 2.45) is 7.05 Å². The van der Waals surface area contributed by atoms with E-state index in [0.717, 1.165) is 35.9 Å². The highest BCUT2D eigenvalue weighted by Gasteiger charge is 2.35. The van der Waals surface area contributed by atoms with E-state index in [1.54, 1.807) is 4.68 Å². The summed E-state index contributed by atoms with van der Waals surface area (Å²) in [5.41, 5.74) is 4.86. The molecular formula is C17H26N6O. The minimum Gasteiger partial charge on any atom is -0.322 e. The number of rotatable bonds is 4. The molecule has 2 aromatic heterocycles. The van der Waals surface area contributed by atoms with Crippen LogP contribution in [0.15, 0.2) is 6.07 Å². The number of amides is 1. The number of nitrogens with one attached hydrogen (secondary N) is 1. The normalized spacial score (nSPS) is 16.9. The van der Waals surface area contributed by atoms with E-state index in [0.29, 0.717) is 6.04 Å². The molecule has 1 fully saturated rings. The summed E-state index contributed by atoms with van der Waals surface area (Å²) in [6.45, 7) is 11.6. The molecule has 1 aliphatic rings. The topological polar surface area (TPSA) is 68.0 Å². The van der Waals surface area contributed by atoms with Gasteiger partial charge < -0.3 is 5.32 Å². The van der Waals surface area contributed by atoms with Gasteiger partial charge in [0.25, 0.3) is 0 Å². The van der Waals surface area contributed by atoms with Gasteiger partial charge in [-0.25, -0.2) is 0 Å². The second-order valence-electron chi connectivity index (χ2n) is 6.81. The average Bonchev–Trinajstić information content (AvgIpc) is 2.91. The first-order valence-electron chi connectivity index (χ1n) is 8.35. The molecule has 1 amide bonds. The molecule has 130 valence electrons. The van der Waals surface area contributed by atoms with Crippen molar-refractivity contribution < 1.29 is 4.79 Å². The summed E-state index contributed by atoms with van der Waals surface area (Å²) in [6.07, 6.45) is 0. The van der Waals surface area contributed by atoms with Crippen molar-refractivity contribution in [2.45, 2.75) is 46.7 Å². The molecule has 24 heavy (non-hydrogen) atoms. The number of anilines is 1. The molecule has 1 saturated heterocycles. The summed E-state index contributed by atoms with van der Waals surface area (Å²) < 4.78 is 3.87. The summed E-state index contributed by atoms with van der Waals surface area (Å²) in [5.74, 6) is 0.0148. The van der Waals surface area contributed by atoms with Crippen LogP contribution in [-0.2, 0) is 11.8 Å². The Balaban J connectivity index is 1.61. The maximum atomic E-state index is 12.6. The fourth-order valence-electron chi connectivity index (χ4n) is 3.32. The Morgan fingerprint density at radius 1 is 1.25 bits per heavy atom. The van der Waals surface area contributed by atoms with Crippen LogP contribution >= 0.6 is 0 Å². The lowest BCUT2D eigenvalue weighted by atomic mass is 10.1. The largest absolute Gasteiger partial charge is 0.322 e. The van der Waals surface area contributed by atoms with Gasteiger partial charge in [-0.2, -0.15) is 10.2 Å². The van der Waals surface area contributed by atoms with E-state index in [4.69, 9.17) is 0 Å². The molecule has 0 saturated carbocycles. The molecule has 1 aliphatic heterocycles. The Labute approximate surface area is 142 Å². The van der Waals surface area contributed by atoms with Gasteiger partial charge in [0.15, 0.2) is 0 Å². The monoisotopic (exact) mass is 330 g/mol. The standard InChI is InChI=1S/C17H26N6O/c1-10-7-11(2)23(19-10)15-8-22(9-15)14(5)17(24)18-16-12(3)20-21(6)13(16)4/h7,14-15H,8-9H2,1-6H3,(H,18,24)/t14-/m0/s1. The predicted molar refractivity (Wildman–Crippen MR) is 93.1 cm³/mol. The summed E-state index contributed by atoms with van der Waals surface area (Å²) in [7, 11) is 1.88. The van der Waals surface area contributed by atoms with Crippen molar-refractivity contribution in [2.75, 3.05) is 18.4 Å². The van der Waals surface area contributed by atoms with Gasteiger partial charge in [-0.05, 0) is 40.7 Å². The van der Waals surface area contributed by atoms with E-state index >= 15 is 0 Å². The number of carbonyl (C=O) groups is 1. The van der Waals surface area contributed by atoms with E-state index in [-0.39, 0.29) is 11.9 Å². The molecule has 3 rings (SSSR count). The van der Waals surface area contributed by atoms with Crippen molar-refractivity contribution >= 4 is 11.6 Å². The lowest BCUT2D eigenvalue weighted by Crippen LogP contribution is -2.55. The molecule has 7 nitrogen and oxygen atoms in total. The number of likely N-dealkylation sites (tertiary alicyclic amines) is 1. The molecule has 3 heterocycles. The van der Waals surface area contributed by atoms with E-state index in [9.17, 15) is 4.79 Å². The smallest absolute Gasteiger partial charge is 0.241 e. The lowest BCUT2D eigenvalue weighted by molar-refractivity contribution is -0.123. The van der Waals surface area contributed by atoms with Crippen LogP contribution in [0.5, 0.6) is 0 Å². The predicted octanol–water partition coefficient (Wildman–Crippen LogP) is 1.73. The number of hydrogen-bond acceptors (Lipinski definition) is 4. The van der Waals surface area contributed by atoms with Crippen molar-refractivity contribution in [1.29, 1.82) is 0 Å². The Morgan fingerprint density at radius 2 is 1.92 bits per heavy atom. The highest BCUT2D eigenvalue weighted by Crippen LogP contribution is 2.26. The number of aromatic nitrogens is 4. The van der Waals surface area contributed by atoms with Gasteiger partial charge >= 0.3 is 0 Å². The minimum atomic E-state index is -0.169. The molecule has 7 heteroatoms. The average molecular weight is 330 g/mol. The fourth-order valence-corrected chi connectivity index (χ4v) is 3.32. The molecular weight excluding hydrogens is 304 g/mol. The molecule has 0 aromatic carbocycles. The first-order chi connectivity index (χ1) is 11.3. The molecule has 0 spiro atoms. The Bertz CT molecular complexity index is 768. The second kappa shape index (κ2) is 6.05. The van der Waals surface area contributed by atoms with Crippen LogP contribution in [0.3, 0.4) is 0 Å². The van der Waals surface area contributed by atoms with Crippen molar-refractivity contribution in [3.63, 3.8) is 0 Å². The van der Waals surface area contributed by atoms with E-state index in [1.807, 2.05) is 34.7 Å². The molecule has 0 bridgehead atoms. The summed E-state index contributed by atoms with van der Waals surface area (Å²) in [4.78, 5) is 14.7. The zero-order chi connectivity index (χ0) is 17.6. The third-order valence-corrected chi connectivity index (χ3v) is 4.97. The summed E-state index contributed by atoms with van der Waals surface area (Å²) in [6, 6.07) is 2.28. The number of aryl methyl sites for hydroxylation is 4. The Kier molecular flexibility index (Phi) is 4.21. The maximum absolute atomic E-state index is 12.6. The zero-order valence-corrected chi connectivity index (χ0v) is 15.3. The van der Waals surface area contributed by atoms with E-state index in [2.05, 4.69) is 38.1 Å². The molecule has 0 radical (unpaired) electrons. The molecule has 2 aromatic rings. The number of carbonyl (C=O) groups excluding carboxylic acids is 1. The highest BCUT2D eigenvalue weighted by molar-refractivity contribution is 5.95. The van der Waals surface area contributed by atoms with Crippen LogP contribution in [-0.4, -0.2) is 49.5 Å². The van der Waals surface area contributed by atoms with Crippen LogP contribution < -0.4 is 5.32 Å². The first kappa shape index (κ1) is 16.7. The van der Waals surface area contributed by atoms with Crippen molar-refractivity contribution in [1.82, 2.24) is 24.5 Å². The molecule has 1 atom stereocenters. The number of nitrogens with zero attached hydrogens (tertiary/aromatic N) is 5. The van der Waals surface area contributed by atoms with Crippen molar-refractivity contribution in [3.8, 4) is 0 Å². The SMILES string of the molecule is Cc1cc(C)n(C2CN([C@@H](C)C(=O)Nc3c(C)nn(C)c3C)C2)n1. The summed E-state index contributed by atoms with van der Waals surface area (Å²) >= 11 is 0. The van der Waals surface area contributed by atoms with E-state index in [1.165, 1.54) is 5.69 Å². The van der Waals surface area contributed by atoms with Crippen LogP contribution in [0, 0.1) is 27.7 Å². The fraction of sp³-hybridized carbons (Fsp3) is 0.588. The van der Waals surface area contributed by atoms with Gasteiger partial charge in [0, 0.05) is 25.8 Å². The van der Waals surface area contributed by atoms with Crippen LogP contribution in [0.25, 0.3) is 0 Å². The lowest BCUT2D eigenvalue weighted by Gasteiger charge is -2.42. The maximum Gasteiger partial charge on any atom is 0.241 e. The van der Waals surface area contributed by atoms with Gasteiger partial charge in [-0.1, -0.05) is 0 Å². The van der Waals surface area contributed by atoms with Crippen LogP contribution in [0.1, 0.15) is 35.7 Å². The van der Waals surface area contributed by atoms with Gasteiger partial charge in [0.05, 0.1) is 34.9 Å². The summed E-state index contributed by atoms with van der Waals surface area (Å²) in [5, 5.41) is 11.9. The van der Waals surface area contributed by atoms with Crippen molar-refractivity contribution in [3.05, 3.63) is 28.8 Å². The third-order valence-electron chi connectivity index (χ3n) is 4.97. The zero-order valence-electron chi connectivity index (χ0n) is 15.3. The van der Waals surface area contributed by atoms with E-state index < -0.39 is 0 Å². The molecule has 0 unspecified atom stereocenters. The second-order valence-corrected chi connectivity index (χ2v) is 6.81. The Morgan fingerprint density at radius 3 is 2.42 bits per heavy atom. The van der Waals surface area contributed by atoms with Gasteiger partial charge in [0.2, 0.25) is 5.91 Å². The van der Waals surface area contributed by atoms with Gasteiger partial charge in [-0.15, -0.1) is 0 Å². The third kappa shape index (κ3) is 2.84. The van der Waals surface area contributed by atoms with Crippen LogP contribution in [0.2, 0.25) is 0 Å². The molecule has 0 aliphatic carbocycles.